The van der Waals surface area contributed by atoms with E-state index in [1.54, 1.807) is 0 Å². The minimum absolute atomic E-state index is 0.0517. The lowest BCUT2D eigenvalue weighted by molar-refractivity contribution is -0.870. The van der Waals surface area contributed by atoms with Crippen molar-refractivity contribution in [2.75, 3.05) is 45.7 Å². The van der Waals surface area contributed by atoms with Crippen molar-refractivity contribution >= 4 is 23.6 Å². The Labute approximate surface area is 127 Å². The van der Waals surface area contributed by atoms with E-state index in [-0.39, 0.29) is 17.9 Å². The molecule has 2 amide bonds. The molecule has 0 saturated carbocycles. The summed E-state index contributed by atoms with van der Waals surface area (Å²) >= 11 is 1.50. The van der Waals surface area contributed by atoms with Crippen molar-refractivity contribution in [1.82, 2.24) is 10.6 Å². The van der Waals surface area contributed by atoms with Gasteiger partial charge in [-0.15, -0.1) is 0 Å². The van der Waals surface area contributed by atoms with Crippen LogP contribution in [0.1, 0.15) is 26.7 Å². The quantitative estimate of drug-likeness (QED) is 0.465. The minimum atomic E-state index is 0.0517. The molecule has 0 aromatic rings. The Morgan fingerprint density at radius 3 is 2.35 bits per heavy atom. The van der Waals surface area contributed by atoms with Crippen LogP contribution < -0.4 is 10.6 Å². The number of hydrogen-bond donors (Lipinski definition) is 2. The van der Waals surface area contributed by atoms with Gasteiger partial charge < -0.3 is 15.1 Å². The molecule has 0 atom stereocenters. The lowest BCUT2D eigenvalue weighted by atomic mass is 10.3. The zero-order valence-corrected chi connectivity index (χ0v) is 14.3. The number of quaternary nitrogens is 1. The Morgan fingerprint density at radius 1 is 1.15 bits per heavy atom. The molecule has 0 aliphatic carbocycles. The number of thioether (sulfide) groups is 1. The highest BCUT2D eigenvalue weighted by molar-refractivity contribution is 7.99. The molecule has 0 aliphatic heterocycles. The summed E-state index contributed by atoms with van der Waals surface area (Å²) in [6, 6.07) is 0.178. The second-order valence-corrected chi connectivity index (χ2v) is 7.35. The molecule has 6 heteroatoms. The van der Waals surface area contributed by atoms with Crippen LogP contribution in [-0.4, -0.2) is 68.1 Å². The summed E-state index contributed by atoms with van der Waals surface area (Å²) in [7, 11) is 6.42. The average Bonchev–Trinajstić information content (AvgIpc) is 2.28. The van der Waals surface area contributed by atoms with E-state index in [9.17, 15) is 9.59 Å². The van der Waals surface area contributed by atoms with Crippen LogP contribution in [0.4, 0.5) is 0 Å². The van der Waals surface area contributed by atoms with Gasteiger partial charge in [0.05, 0.1) is 33.4 Å². The molecule has 0 bridgehead atoms. The number of amides is 2. The third-order valence-corrected chi connectivity index (χ3v) is 3.44. The fourth-order valence-electron chi connectivity index (χ4n) is 1.56. The second kappa shape index (κ2) is 10.0. The lowest BCUT2D eigenvalue weighted by Gasteiger charge is -2.23. The molecular formula is C14H30N3O2S+. The highest BCUT2D eigenvalue weighted by Gasteiger charge is 2.07. The van der Waals surface area contributed by atoms with Gasteiger partial charge in [-0.1, -0.05) is 0 Å². The van der Waals surface area contributed by atoms with Crippen LogP contribution in [-0.2, 0) is 9.59 Å². The normalized spacial score (nSPS) is 11.5. The molecule has 2 N–H and O–H groups in total. The highest BCUT2D eigenvalue weighted by atomic mass is 32.2. The van der Waals surface area contributed by atoms with Crippen LogP contribution in [0.15, 0.2) is 0 Å². The van der Waals surface area contributed by atoms with E-state index >= 15 is 0 Å². The van der Waals surface area contributed by atoms with Crippen molar-refractivity contribution in [2.45, 2.75) is 32.7 Å². The standard InChI is InChI=1S/C14H29N3O2S/c1-12(2)16-13(18)7-10-20-11-14(19)15-8-6-9-17(3,4)5/h12H,6-11H2,1-5H3,(H-,15,16,18,19)/p+1. The van der Waals surface area contributed by atoms with E-state index in [1.165, 1.54) is 11.8 Å². The first kappa shape index (κ1) is 19.2. The molecule has 0 fully saturated rings. The number of carbonyl (C=O) groups is 2. The SMILES string of the molecule is CC(C)NC(=O)CCSCC(=O)NCCC[N+](C)(C)C. The molecule has 0 radical (unpaired) electrons. The molecule has 0 saturated heterocycles. The minimum Gasteiger partial charge on any atom is -0.355 e. The fraction of sp³-hybridized carbons (Fsp3) is 0.857. The molecule has 118 valence electrons. The summed E-state index contributed by atoms with van der Waals surface area (Å²) in [5.74, 6) is 1.22. The van der Waals surface area contributed by atoms with E-state index < -0.39 is 0 Å². The van der Waals surface area contributed by atoms with E-state index in [4.69, 9.17) is 0 Å². The maximum atomic E-state index is 11.6. The van der Waals surface area contributed by atoms with Gasteiger partial charge in [0.15, 0.2) is 0 Å². The Kier molecular flexibility index (Phi) is 9.67. The zero-order valence-electron chi connectivity index (χ0n) is 13.5. The van der Waals surface area contributed by atoms with Gasteiger partial charge in [-0.3, -0.25) is 9.59 Å². The molecule has 20 heavy (non-hydrogen) atoms. The topological polar surface area (TPSA) is 58.2 Å². The fourth-order valence-corrected chi connectivity index (χ4v) is 2.32. The van der Waals surface area contributed by atoms with Crippen LogP contribution in [0.25, 0.3) is 0 Å². The van der Waals surface area contributed by atoms with E-state index in [1.807, 2.05) is 13.8 Å². The lowest BCUT2D eigenvalue weighted by Crippen LogP contribution is -2.37. The van der Waals surface area contributed by atoms with Crippen LogP contribution in [0.5, 0.6) is 0 Å². The third-order valence-electron chi connectivity index (χ3n) is 2.48. The second-order valence-electron chi connectivity index (χ2n) is 6.24. The molecule has 0 aromatic heterocycles. The first-order chi connectivity index (χ1) is 9.20. The van der Waals surface area contributed by atoms with Crippen LogP contribution in [0.2, 0.25) is 0 Å². The summed E-state index contributed by atoms with van der Waals surface area (Å²) in [4.78, 5) is 22.9. The average molecular weight is 304 g/mol. The van der Waals surface area contributed by atoms with Crippen molar-refractivity contribution < 1.29 is 14.1 Å². The monoisotopic (exact) mass is 304 g/mol. The Balaban J connectivity index is 3.48. The molecule has 0 rings (SSSR count). The van der Waals surface area contributed by atoms with E-state index in [2.05, 4.69) is 31.8 Å². The van der Waals surface area contributed by atoms with Gasteiger partial charge in [-0.05, 0) is 13.8 Å². The van der Waals surface area contributed by atoms with Crippen molar-refractivity contribution in [1.29, 1.82) is 0 Å². The number of hydrogen-bond acceptors (Lipinski definition) is 3. The van der Waals surface area contributed by atoms with Crippen LogP contribution in [0, 0.1) is 0 Å². The van der Waals surface area contributed by atoms with Crippen LogP contribution in [0.3, 0.4) is 0 Å². The first-order valence-corrected chi connectivity index (χ1v) is 8.30. The van der Waals surface area contributed by atoms with Gasteiger partial charge in [0.2, 0.25) is 11.8 Å². The summed E-state index contributed by atoms with van der Waals surface area (Å²) in [5.41, 5.74) is 0. The van der Waals surface area contributed by atoms with Crippen LogP contribution >= 0.6 is 11.8 Å². The summed E-state index contributed by atoms with van der Waals surface area (Å²) < 4.78 is 0.912. The summed E-state index contributed by atoms with van der Waals surface area (Å²) in [6.07, 6.45) is 1.45. The van der Waals surface area contributed by atoms with Crippen molar-refractivity contribution in [3.8, 4) is 0 Å². The van der Waals surface area contributed by atoms with E-state index in [0.717, 1.165) is 24.0 Å². The third kappa shape index (κ3) is 13.7. The van der Waals surface area contributed by atoms with Gasteiger partial charge in [-0.2, -0.15) is 11.8 Å². The maximum absolute atomic E-state index is 11.6. The molecule has 0 aromatic carbocycles. The van der Waals surface area contributed by atoms with Crippen molar-refractivity contribution in [3.63, 3.8) is 0 Å². The number of nitrogens with zero attached hydrogens (tertiary/aromatic N) is 1. The molecule has 0 aliphatic rings. The zero-order chi connectivity index (χ0) is 15.6. The Morgan fingerprint density at radius 2 is 1.80 bits per heavy atom. The van der Waals surface area contributed by atoms with Gasteiger partial charge in [0, 0.05) is 31.2 Å². The predicted molar refractivity (Wildman–Crippen MR) is 85.7 cm³/mol. The predicted octanol–water partition coefficient (Wildman–Crippen LogP) is 0.847. The maximum Gasteiger partial charge on any atom is 0.229 e. The summed E-state index contributed by atoms with van der Waals surface area (Å²) in [5, 5.41) is 5.74. The largest absolute Gasteiger partial charge is 0.355 e. The number of nitrogens with one attached hydrogen (secondary N) is 2. The van der Waals surface area contributed by atoms with E-state index in [0.29, 0.717) is 17.9 Å². The molecular weight excluding hydrogens is 274 g/mol. The van der Waals surface area contributed by atoms with Gasteiger partial charge in [0.25, 0.3) is 0 Å². The number of rotatable bonds is 10. The Hall–Kier alpha value is -0.750. The molecule has 0 unspecified atom stereocenters. The number of carbonyl (C=O) groups excluding carboxylic acids is 2. The Bertz CT molecular complexity index is 301. The highest BCUT2D eigenvalue weighted by Crippen LogP contribution is 2.02. The molecule has 5 nitrogen and oxygen atoms in total. The van der Waals surface area contributed by atoms with Crippen molar-refractivity contribution in [2.24, 2.45) is 0 Å². The summed E-state index contributed by atoms with van der Waals surface area (Å²) in [6.45, 7) is 5.65. The van der Waals surface area contributed by atoms with Gasteiger partial charge >= 0.3 is 0 Å². The molecule has 0 heterocycles. The first-order valence-electron chi connectivity index (χ1n) is 7.15. The van der Waals surface area contributed by atoms with Gasteiger partial charge in [-0.25, -0.2) is 0 Å². The smallest absolute Gasteiger partial charge is 0.229 e. The van der Waals surface area contributed by atoms with Gasteiger partial charge in [0.1, 0.15) is 0 Å². The van der Waals surface area contributed by atoms with Crippen molar-refractivity contribution in [3.05, 3.63) is 0 Å². The molecule has 0 spiro atoms.